The van der Waals surface area contributed by atoms with E-state index >= 15 is 0 Å². The molecule has 2 aromatic heterocycles. The predicted molar refractivity (Wildman–Crippen MR) is 80.2 cm³/mol. The Morgan fingerprint density at radius 2 is 1.78 bits per heavy atom. The summed E-state index contributed by atoms with van der Waals surface area (Å²) in [5.41, 5.74) is 2.50. The molecule has 0 bridgehead atoms. The molecule has 0 spiro atoms. The van der Waals surface area contributed by atoms with E-state index in [-0.39, 0.29) is 0 Å². The Bertz CT molecular complexity index is 637. The van der Waals surface area contributed by atoms with E-state index < -0.39 is 0 Å². The SMILES string of the molecule is Cc1ccc(Sn2cccc2-c2ccccc2)s1. The number of thiophene rings is 1. The van der Waals surface area contributed by atoms with Crippen LogP contribution in [-0.4, -0.2) is 3.97 Å². The highest BCUT2D eigenvalue weighted by molar-refractivity contribution is 7.99. The summed E-state index contributed by atoms with van der Waals surface area (Å²) in [5.74, 6) is 0. The molecule has 0 aliphatic rings. The fraction of sp³-hybridized carbons (Fsp3) is 0.0667. The molecule has 0 amide bonds. The lowest BCUT2D eigenvalue weighted by atomic mass is 10.2. The third kappa shape index (κ3) is 2.37. The van der Waals surface area contributed by atoms with Gasteiger partial charge in [0, 0.05) is 23.0 Å². The number of hydrogen-bond donors (Lipinski definition) is 0. The lowest BCUT2D eigenvalue weighted by Crippen LogP contribution is -1.87. The van der Waals surface area contributed by atoms with Crippen LogP contribution in [0.2, 0.25) is 0 Å². The molecule has 90 valence electrons. The molecule has 18 heavy (non-hydrogen) atoms. The van der Waals surface area contributed by atoms with Crippen LogP contribution in [0.1, 0.15) is 4.88 Å². The summed E-state index contributed by atoms with van der Waals surface area (Å²) in [5, 5.41) is 0. The van der Waals surface area contributed by atoms with Crippen molar-refractivity contribution in [2.24, 2.45) is 0 Å². The standard InChI is InChI=1S/C15H13NS2/c1-12-9-10-15(17-12)18-16-11-5-8-14(16)13-6-3-2-4-7-13/h2-11H,1H3. The Kier molecular flexibility index (Phi) is 3.26. The highest BCUT2D eigenvalue weighted by atomic mass is 32.2. The van der Waals surface area contributed by atoms with Crippen LogP contribution in [-0.2, 0) is 0 Å². The number of benzene rings is 1. The molecule has 0 aliphatic heterocycles. The Morgan fingerprint density at radius 3 is 2.50 bits per heavy atom. The fourth-order valence-electron chi connectivity index (χ4n) is 1.84. The van der Waals surface area contributed by atoms with Gasteiger partial charge in [0.1, 0.15) is 0 Å². The Labute approximate surface area is 115 Å². The maximum Gasteiger partial charge on any atom is 0.0816 e. The molecule has 2 heterocycles. The predicted octanol–water partition coefficient (Wildman–Crippen LogP) is 5.08. The molecule has 1 aromatic carbocycles. The van der Waals surface area contributed by atoms with Gasteiger partial charge in [0.05, 0.1) is 9.90 Å². The van der Waals surface area contributed by atoms with E-state index in [1.807, 2.05) is 17.4 Å². The minimum Gasteiger partial charge on any atom is -0.286 e. The number of rotatable bonds is 3. The minimum atomic E-state index is 1.24. The van der Waals surface area contributed by atoms with Gasteiger partial charge < -0.3 is 0 Å². The van der Waals surface area contributed by atoms with E-state index in [1.54, 1.807) is 11.9 Å². The largest absolute Gasteiger partial charge is 0.286 e. The van der Waals surface area contributed by atoms with Crippen molar-refractivity contribution in [2.45, 2.75) is 11.1 Å². The first-order valence-corrected chi connectivity index (χ1v) is 7.39. The van der Waals surface area contributed by atoms with E-state index in [9.17, 15) is 0 Å². The topological polar surface area (TPSA) is 4.93 Å². The first-order valence-electron chi connectivity index (χ1n) is 5.80. The van der Waals surface area contributed by atoms with E-state index in [2.05, 4.69) is 65.6 Å². The maximum absolute atomic E-state index is 2.22. The van der Waals surface area contributed by atoms with Crippen molar-refractivity contribution in [1.82, 2.24) is 3.97 Å². The molecule has 3 heteroatoms. The molecular formula is C15H13NS2. The van der Waals surface area contributed by atoms with Gasteiger partial charge in [-0.2, -0.15) is 0 Å². The highest BCUT2D eigenvalue weighted by Crippen LogP contribution is 2.32. The first-order chi connectivity index (χ1) is 8.83. The molecular weight excluding hydrogens is 258 g/mol. The molecule has 0 unspecified atom stereocenters. The van der Waals surface area contributed by atoms with E-state index in [1.165, 1.54) is 20.3 Å². The Hall–Kier alpha value is -1.45. The molecule has 0 aliphatic carbocycles. The number of hydrogen-bond acceptors (Lipinski definition) is 2. The number of aromatic nitrogens is 1. The van der Waals surface area contributed by atoms with E-state index in [4.69, 9.17) is 0 Å². The van der Waals surface area contributed by atoms with Crippen LogP contribution in [0.5, 0.6) is 0 Å². The van der Waals surface area contributed by atoms with Crippen LogP contribution in [0.4, 0.5) is 0 Å². The van der Waals surface area contributed by atoms with Gasteiger partial charge in [-0.3, -0.25) is 3.97 Å². The van der Waals surface area contributed by atoms with Crippen molar-refractivity contribution in [3.63, 3.8) is 0 Å². The summed E-state index contributed by atoms with van der Waals surface area (Å²) in [6.45, 7) is 2.14. The van der Waals surface area contributed by atoms with Crippen LogP contribution >= 0.6 is 23.3 Å². The molecule has 1 nitrogen and oxygen atoms in total. The second-order valence-electron chi connectivity index (χ2n) is 4.04. The number of aryl methyl sites for hydroxylation is 1. The van der Waals surface area contributed by atoms with Crippen molar-refractivity contribution >= 4 is 23.3 Å². The van der Waals surface area contributed by atoms with Crippen molar-refractivity contribution in [2.75, 3.05) is 0 Å². The first kappa shape index (κ1) is 11.6. The summed E-state index contributed by atoms with van der Waals surface area (Å²) in [6, 6.07) is 19.1. The minimum absolute atomic E-state index is 1.24. The molecule has 0 radical (unpaired) electrons. The van der Waals surface area contributed by atoms with Gasteiger partial charge in [0.25, 0.3) is 0 Å². The van der Waals surface area contributed by atoms with Crippen molar-refractivity contribution < 1.29 is 0 Å². The van der Waals surface area contributed by atoms with Gasteiger partial charge in [-0.1, -0.05) is 30.3 Å². The van der Waals surface area contributed by atoms with Crippen LogP contribution < -0.4 is 0 Å². The van der Waals surface area contributed by atoms with Crippen molar-refractivity contribution in [3.8, 4) is 11.3 Å². The molecule has 3 aromatic rings. The smallest absolute Gasteiger partial charge is 0.0816 e. The van der Waals surface area contributed by atoms with Gasteiger partial charge in [-0.05, 0) is 36.8 Å². The zero-order valence-corrected chi connectivity index (χ0v) is 11.7. The second-order valence-corrected chi connectivity index (χ2v) is 6.60. The Morgan fingerprint density at radius 1 is 0.944 bits per heavy atom. The van der Waals surface area contributed by atoms with E-state index in [0.29, 0.717) is 0 Å². The third-order valence-electron chi connectivity index (χ3n) is 2.69. The van der Waals surface area contributed by atoms with Crippen molar-refractivity contribution in [1.29, 1.82) is 0 Å². The fourth-order valence-corrected chi connectivity index (χ4v) is 3.93. The van der Waals surface area contributed by atoms with Crippen molar-refractivity contribution in [3.05, 3.63) is 65.7 Å². The second kappa shape index (κ2) is 5.04. The summed E-state index contributed by atoms with van der Waals surface area (Å²) >= 11 is 3.60. The highest BCUT2D eigenvalue weighted by Gasteiger charge is 2.06. The monoisotopic (exact) mass is 271 g/mol. The zero-order valence-electron chi connectivity index (χ0n) is 10.0. The molecule has 0 fully saturated rings. The van der Waals surface area contributed by atoms with Gasteiger partial charge in [-0.15, -0.1) is 11.3 Å². The summed E-state index contributed by atoms with van der Waals surface area (Å²) < 4.78 is 3.54. The lowest BCUT2D eigenvalue weighted by Gasteiger charge is -2.06. The summed E-state index contributed by atoms with van der Waals surface area (Å²) in [7, 11) is 0. The number of nitrogens with zero attached hydrogens (tertiary/aromatic N) is 1. The lowest BCUT2D eigenvalue weighted by molar-refractivity contribution is 1.28. The summed E-state index contributed by atoms with van der Waals surface area (Å²) in [6.07, 6.45) is 2.11. The quantitative estimate of drug-likeness (QED) is 0.643. The Balaban J connectivity index is 1.93. The van der Waals surface area contributed by atoms with E-state index in [0.717, 1.165) is 0 Å². The normalized spacial score (nSPS) is 10.7. The summed E-state index contributed by atoms with van der Waals surface area (Å²) in [4.78, 5) is 1.35. The molecule has 0 saturated carbocycles. The molecule has 3 rings (SSSR count). The molecule has 0 N–H and O–H groups in total. The average molecular weight is 271 g/mol. The zero-order chi connectivity index (χ0) is 12.4. The van der Waals surface area contributed by atoms with Crippen LogP contribution in [0.15, 0.2) is 65.0 Å². The third-order valence-corrected chi connectivity index (χ3v) is 4.79. The van der Waals surface area contributed by atoms with Crippen LogP contribution in [0, 0.1) is 6.92 Å². The maximum atomic E-state index is 2.22. The van der Waals surface area contributed by atoms with Crippen LogP contribution in [0.25, 0.3) is 11.3 Å². The van der Waals surface area contributed by atoms with Crippen LogP contribution in [0.3, 0.4) is 0 Å². The van der Waals surface area contributed by atoms with Gasteiger partial charge in [0.15, 0.2) is 0 Å². The van der Waals surface area contributed by atoms with Gasteiger partial charge in [0.2, 0.25) is 0 Å². The molecule has 0 saturated heterocycles. The van der Waals surface area contributed by atoms with Gasteiger partial charge in [-0.25, -0.2) is 0 Å². The average Bonchev–Trinajstić information content (AvgIpc) is 3.00. The molecule has 0 atom stereocenters. The van der Waals surface area contributed by atoms with Gasteiger partial charge >= 0.3 is 0 Å².